The SMILES string of the molecule is Cc1c(N(CCS(=O)(=O)O)S(=O)(=O)O)oc2c1C(=O)C(=O)c1c-2ccc2c1CCCC2(C)C.[NaH].[NaH]. The zero-order valence-electron chi connectivity index (χ0n) is 18.2. The normalized spacial score (nSPS) is 16.4. The monoisotopic (exact) mass is 545 g/mol. The Balaban J connectivity index is 0.00000216. The van der Waals surface area contributed by atoms with E-state index in [1.54, 1.807) is 6.07 Å². The van der Waals surface area contributed by atoms with Gasteiger partial charge in [0.2, 0.25) is 17.5 Å². The van der Waals surface area contributed by atoms with Crippen LogP contribution in [0.15, 0.2) is 16.5 Å². The molecule has 1 heterocycles. The van der Waals surface area contributed by atoms with Crippen LogP contribution in [0.5, 0.6) is 0 Å². The zero-order valence-corrected chi connectivity index (χ0v) is 19.8. The topological polar surface area (TPSA) is 159 Å². The van der Waals surface area contributed by atoms with Crippen LogP contribution in [-0.4, -0.2) is 109 Å². The predicted octanol–water partition coefficient (Wildman–Crippen LogP) is 1.45. The standard InChI is InChI=1S/C21H23NO9S2.2Na.2H/c1-11-15-17(23)18(24)16-12-5-4-8-21(2,3)14(12)7-6-13(16)19(15)31-20(11)22(33(28,29)30)9-10-32(25,26)27;;;;/h6-7H,4-5,8-10H2,1-3H3,(H,25,26,27)(H,28,29,30);;;;. The number of carbonyl (C=O) groups is 2. The molecule has 1 aromatic carbocycles. The molecule has 0 amide bonds. The molecule has 2 aromatic rings. The molecule has 0 bridgehead atoms. The van der Waals surface area contributed by atoms with Crippen LogP contribution in [0.25, 0.3) is 11.3 Å². The van der Waals surface area contributed by atoms with Gasteiger partial charge in [-0.3, -0.25) is 18.7 Å². The molecule has 1 aromatic heterocycles. The van der Waals surface area contributed by atoms with Crippen LogP contribution < -0.4 is 4.31 Å². The van der Waals surface area contributed by atoms with E-state index in [0.717, 1.165) is 24.0 Å². The van der Waals surface area contributed by atoms with E-state index in [1.165, 1.54) is 6.92 Å². The van der Waals surface area contributed by atoms with Gasteiger partial charge in [0.05, 0.1) is 17.9 Å². The molecular formula is C21H25NNa2O9S2. The fraction of sp³-hybridized carbons (Fsp3) is 0.429. The van der Waals surface area contributed by atoms with E-state index in [9.17, 15) is 31.0 Å². The predicted molar refractivity (Wildman–Crippen MR) is 133 cm³/mol. The molecule has 0 radical (unpaired) electrons. The van der Waals surface area contributed by atoms with Gasteiger partial charge in [0.25, 0.3) is 10.1 Å². The number of benzene rings is 1. The summed E-state index contributed by atoms with van der Waals surface area (Å²) in [7, 11) is -9.60. The van der Waals surface area contributed by atoms with Gasteiger partial charge in [-0.1, -0.05) is 26.0 Å². The summed E-state index contributed by atoms with van der Waals surface area (Å²) in [6.45, 7) is 4.60. The number of nitrogens with zero attached hydrogens (tertiary/aromatic N) is 1. The number of ketones is 2. The molecule has 0 atom stereocenters. The first-order valence-corrected chi connectivity index (χ1v) is 13.2. The van der Waals surface area contributed by atoms with Crippen molar-refractivity contribution in [2.24, 2.45) is 0 Å². The summed E-state index contributed by atoms with van der Waals surface area (Å²) in [4.78, 5) is 26.2. The number of hydrogen-bond acceptors (Lipinski definition) is 7. The Hall–Kier alpha value is -0.540. The Morgan fingerprint density at radius 3 is 2.20 bits per heavy atom. The van der Waals surface area contributed by atoms with Crippen LogP contribution in [-0.2, 0) is 32.3 Å². The van der Waals surface area contributed by atoms with E-state index < -0.39 is 50.2 Å². The Bertz CT molecular complexity index is 1430. The summed E-state index contributed by atoms with van der Waals surface area (Å²) < 4.78 is 70.8. The van der Waals surface area contributed by atoms with Crippen LogP contribution in [0, 0.1) is 6.92 Å². The second-order valence-electron chi connectivity index (χ2n) is 8.98. The van der Waals surface area contributed by atoms with E-state index in [2.05, 4.69) is 13.8 Å². The van der Waals surface area contributed by atoms with Crippen LogP contribution in [0.4, 0.5) is 5.88 Å². The number of rotatable bonds is 5. The van der Waals surface area contributed by atoms with E-state index in [0.29, 0.717) is 12.0 Å². The molecule has 4 rings (SSSR count). The summed E-state index contributed by atoms with van der Waals surface area (Å²) in [6.07, 6.45) is 2.36. The molecule has 0 saturated heterocycles. The maximum atomic E-state index is 13.2. The first-order chi connectivity index (χ1) is 15.1. The zero-order chi connectivity index (χ0) is 24.5. The summed E-state index contributed by atoms with van der Waals surface area (Å²) in [5.41, 5.74) is 1.93. The number of Topliss-reactive ketones (excluding diaryl/α,β-unsaturated/α-hetero) is 2. The molecule has 14 heteroatoms. The van der Waals surface area contributed by atoms with Crippen molar-refractivity contribution in [3.63, 3.8) is 0 Å². The fourth-order valence-corrected chi connectivity index (χ4v) is 6.02. The van der Waals surface area contributed by atoms with E-state index in [1.807, 2.05) is 6.07 Å². The number of hydrogen-bond donors (Lipinski definition) is 2. The fourth-order valence-electron chi connectivity index (χ4n) is 4.78. The minimum absolute atomic E-state index is 0. The first kappa shape index (κ1) is 30.7. The molecule has 2 aliphatic carbocycles. The molecule has 0 fully saturated rings. The van der Waals surface area contributed by atoms with Crippen molar-refractivity contribution in [2.75, 3.05) is 16.6 Å². The van der Waals surface area contributed by atoms with E-state index in [-0.39, 0.29) is 91.3 Å². The molecule has 0 spiro atoms. The van der Waals surface area contributed by atoms with Gasteiger partial charge in [0, 0.05) is 16.7 Å². The van der Waals surface area contributed by atoms with Crippen LogP contribution in [0.2, 0.25) is 0 Å². The Morgan fingerprint density at radius 1 is 1.03 bits per heavy atom. The Morgan fingerprint density at radius 2 is 1.63 bits per heavy atom. The first-order valence-electron chi connectivity index (χ1n) is 10.2. The second-order valence-corrected chi connectivity index (χ2v) is 11.9. The van der Waals surface area contributed by atoms with Crippen molar-refractivity contribution >= 4 is 97.0 Å². The van der Waals surface area contributed by atoms with Gasteiger partial charge < -0.3 is 4.42 Å². The van der Waals surface area contributed by atoms with E-state index >= 15 is 0 Å². The Labute approximate surface area is 248 Å². The van der Waals surface area contributed by atoms with Crippen molar-refractivity contribution in [3.05, 3.63) is 39.9 Å². The van der Waals surface area contributed by atoms with Crippen molar-refractivity contribution < 1.29 is 39.9 Å². The molecule has 0 unspecified atom stereocenters. The molecule has 2 N–H and O–H groups in total. The second kappa shape index (κ2) is 10.3. The Kier molecular flexibility index (Phi) is 9.04. The molecule has 10 nitrogen and oxygen atoms in total. The van der Waals surface area contributed by atoms with Crippen molar-refractivity contribution in [1.82, 2.24) is 0 Å². The summed E-state index contributed by atoms with van der Waals surface area (Å²) >= 11 is 0. The van der Waals surface area contributed by atoms with E-state index in [4.69, 9.17) is 8.97 Å². The van der Waals surface area contributed by atoms with Gasteiger partial charge >= 0.3 is 69.4 Å². The molecule has 0 saturated carbocycles. The van der Waals surface area contributed by atoms with Gasteiger partial charge in [-0.05, 0) is 42.7 Å². The summed E-state index contributed by atoms with van der Waals surface area (Å²) in [5, 5.41) is 0. The van der Waals surface area contributed by atoms with Gasteiger partial charge in [-0.2, -0.15) is 16.8 Å². The number of fused-ring (bicyclic) bond motifs is 5. The number of carbonyl (C=O) groups excluding carboxylic acids is 2. The third kappa shape index (κ3) is 5.52. The quantitative estimate of drug-likeness (QED) is 0.322. The van der Waals surface area contributed by atoms with Crippen molar-refractivity contribution in [1.29, 1.82) is 0 Å². The van der Waals surface area contributed by atoms with Gasteiger partial charge in [-0.15, -0.1) is 0 Å². The molecule has 0 aliphatic heterocycles. The number of anilines is 1. The van der Waals surface area contributed by atoms with Crippen molar-refractivity contribution in [3.8, 4) is 11.3 Å². The van der Waals surface area contributed by atoms with Crippen LogP contribution in [0.3, 0.4) is 0 Å². The van der Waals surface area contributed by atoms with Crippen LogP contribution in [0.1, 0.15) is 64.1 Å². The molecule has 182 valence electrons. The van der Waals surface area contributed by atoms with Gasteiger partial charge in [0.15, 0.2) is 0 Å². The average molecular weight is 546 g/mol. The van der Waals surface area contributed by atoms with Crippen LogP contribution >= 0.6 is 0 Å². The average Bonchev–Trinajstić information content (AvgIpc) is 3.00. The van der Waals surface area contributed by atoms with Gasteiger partial charge in [0.1, 0.15) is 5.76 Å². The summed E-state index contributed by atoms with van der Waals surface area (Å²) in [5.74, 6) is -3.14. The minimum atomic E-state index is -5.03. The molecule has 2 aliphatic rings. The molecular weight excluding hydrogens is 520 g/mol. The third-order valence-corrected chi connectivity index (χ3v) is 7.96. The van der Waals surface area contributed by atoms with Crippen molar-refractivity contribution in [2.45, 2.75) is 45.4 Å². The third-order valence-electron chi connectivity index (χ3n) is 6.35. The number of furan rings is 1. The van der Waals surface area contributed by atoms with Gasteiger partial charge in [-0.25, -0.2) is 4.31 Å². The summed E-state index contributed by atoms with van der Waals surface area (Å²) in [6, 6.07) is 3.53. The molecule has 35 heavy (non-hydrogen) atoms. The maximum absolute atomic E-state index is 13.2.